The Kier molecular flexibility index (Phi) is 2.40. The Hall–Kier alpha value is -1.02. The second kappa shape index (κ2) is 3.77. The highest BCUT2D eigenvalue weighted by molar-refractivity contribution is 5.42. The van der Waals surface area contributed by atoms with Gasteiger partial charge in [0.25, 0.3) is 0 Å². The smallest absolute Gasteiger partial charge is 0.124 e. The summed E-state index contributed by atoms with van der Waals surface area (Å²) in [5.74, 6) is 1.09. The largest absolute Gasteiger partial charge is 0.493 e. The number of rotatable bonds is 3. The molecule has 0 saturated heterocycles. The van der Waals surface area contributed by atoms with Crippen LogP contribution in [0.3, 0.4) is 0 Å². The molecule has 0 spiro atoms. The average Bonchev–Trinajstić information content (AvgIpc) is 2.72. The predicted molar refractivity (Wildman–Crippen MR) is 64.4 cm³/mol. The predicted octanol–water partition coefficient (Wildman–Crippen LogP) is 2.86. The summed E-state index contributed by atoms with van der Waals surface area (Å²) in [6.45, 7) is 5.16. The van der Waals surface area contributed by atoms with Gasteiger partial charge in [-0.15, -0.1) is 0 Å². The minimum Gasteiger partial charge on any atom is -0.493 e. The minimum atomic E-state index is 0.439. The van der Waals surface area contributed by atoms with Gasteiger partial charge in [-0.2, -0.15) is 0 Å². The van der Waals surface area contributed by atoms with Gasteiger partial charge in [0, 0.05) is 24.1 Å². The van der Waals surface area contributed by atoms with Crippen LogP contribution in [0.25, 0.3) is 0 Å². The van der Waals surface area contributed by atoms with Crippen molar-refractivity contribution in [1.29, 1.82) is 0 Å². The third-order valence-corrected chi connectivity index (χ3v) is 3.98. The molecule has 16 heavy (non-hydrogen) atoms. The Morgan fingerprint density at radius 3 is 2.94 bits per heavy atom. The molecule has 2 aliphatic rings. The van der Waals surface area contributed by atoms with Crippen LogP contribution in [-0.4, -0.2) is 6.61 Å². The van der Waals surface area contributed by atoms with Crippen LogP contribution < -0.4 is 10.1 Å². The molecule has 0 radical (unpaired) electrons. The topological polar surface area (TPSA) is 21.3 Å². The van der Waals surface area contributed by atoms with E-state index in [4.69, 9.17) is 4.74 Å². The van der Waals surface area contributed by atoms with Crippen molar-refractivity contribution in [3.63, 3.8) is 0 Å². The summed E-state index contributed by atoms with van der Waals surface area (Å²) >= 11 is 0. The fourth-order valence-electron chi connectivity index (χ4n) is 2.61. The second-order valence-electron chi connectivity index (χ2n) is 5.45. The lowest BCUT2D eigenvalue weighted by molar-refractivity contribution is 0.0771. The second-order valence-corrected chi connectivity index (χ2v) is 5.45. The lowest BCUT2D eigenvalue weighted by atomic mass is 9.71. The Bertz CT molecular complexity index is 396. The molecule has 0 bridgehead atoms. The van der Waals surface area contributed by atoms with E-state index in [-0.39, 0.29) is 0 Å². The number of hydrogen-bond acceptors (Lipinski definition) is 2. The zero-order valence-corrected chi connectivity index (χ0v) is 9.88. The fraction of sp³-hybridized carbons (Fsp3) is 0.571. The van der Waals surface area contributed by atoms with E-state index in [2.05, 4.69) is 30.4 Å². The van der Waals surface area contributed by atoms with Crippen molar-refractivity contribution >= 4 is 0 Å². The molecule has 3 rings (SSSR count). The summed E-state index contributed by atoms with van der Waals surface area (Å²) in [6.07, 6.45) is 4.01. The van der Waals surface area contributed by atoms with Gasteiger partial charge in [0.2, 0.25) is 0 Å². The number of benzene rings is 1. The van der Waals surface area contributed by atoms with Gasteiger partial charge in [-0.3, -0.25) is 0 Å². The Morgan fingerprint density at radius 1 is 1.31 bits per heavy atom. The molecule has 86 valence electrons. The van der Waals surface area contributed by atoms with Gasteiger partial charge in [-0.25, -0.2) is 0 Å². The Morgan fingerprint density at radius 2 is 2.19 bits per heavy atom. The quantitative estimate of drug-likeness (QED) is 0.840. The van der Waals surface area contributed by atoms with Gasteiger partial charge in [0.15, 0.2) is 0 Å². The molecule has 1 aliphatic heterocycles. The monoisotopic (exact) mass is 217 g/mol. The van der Waals surface area contributed by atoms with Crippen LogP contribution in [0.5, 0.6) is 5.75 Å². The summed E-state index contributed by atoms with van der Waals surface area (Å²) in [4.78, 5) is 0. The molecule has 0 amide bonds. The van der Waals surface area contributed by atoms with Crippen molar-refractivity contribution < 1.29 is 4.74 Å². The van der Waals surface area contributed by atoms with E-state index in [1.165, 1.54) is 30.4 Å². The summed E-state index contributed by atoms with van der Waals surface area (Å²) < 4.78 is 6.02. The highest BCUT2D eigenvalue weighted by Crippen LogP contribution is 2.41. The molecule has 0 aromatic heterocycles. The standard InChI is InChI=1S/C14H19NO/c1-14(6-3-7-14)10-16-13-5-2-4-11-8-15-9-12(11)13/h2,4-5,15H,3,6-10H2,1H3. The molecule has 1 N–H and O–H groups in total. The SMILES string of the molecule is CC1(COc2cccc3c2CNC3)CCC1. The average molecular weight is 217 g/mol. The molecule has 2 nitrogen and oxygen atoms in total. The Balaban J connectivity index is 1.72. The van der Waals surface area contributed by atoms with E-state index in [1.807, 2.05) is 0 Å². The lowest BCUT2D eigenvalue weighted by Gasteiger charge is -2.38. The van der Waals surface area contributed by atoms with Crippen molar-refractivity contribution in [1.82, 2.24) is 5.32 Å². The molecule has 1 aromatic carbocycles. The molecular formula is C14H19NO. The van der Waals surface area contributed by atoms with E-state index in [9.17, 15) is 0 Å². The number of ether oxygens (including phenoxy) is 1. The van der Waals surface area contributed by atoms with Crippen LogP contribution in [0.1, 0.15) is 37.3 Å². The molecule has 1 saturated carbocycles. The third kappa shape index (κ3) is 1.71. The minimum absolute atomic E-state index is 0.439. The van der Waals surface area contributed by atoms with E-state index in [1.54, 1.807) is 0 Å². The first-order valence-corrected chi connectivity index (χ1v) is 6.21. The van der Waals surface area contributed by atoms with Crippen molar-refractivity contribution in [2.75, 3.05) is 6.61 Å². The van der Waals surface area contributed by atoms with Gasteiger partial charge in [-0.1, -0.05) is 25.5 Å². The molecule has 0 atom stereocenters. The maximum atomic E-state index is 6.02. The van der Waals surface area contributed by atoms with Crippen molar-refractivity contribution in [2.45, 2.75) is 39.3 Å². The van der Waals surface area contributed by atoms with E-state index >= 15 is 0 Å². The first-order chi connectivity index (χ1) is 7.77. The van der Waals surface area contributed by atoms with Crippen LogP contribution >= 0.6 is 0 Å². The molecule has 1 aliphatic carbocycles. The van der Waals surface area contributed by atoms with Crippen LogP contribution in [0.2, 0.25) is 0 Å². The van der Waals surface area contributed by atoms with Gasteiger partial charge < -0.3 is 10.1 Å². The van der Waals surface area contributed by atoms with Crippen LogP contribution in [0.15, 0.2) is 18.2 Å². The summed E-state index contributed by atoms with van der Waals surface area (Å²) in [6, 6.07) is 6.39. The fourth-order valence-corrected chi connectivity index (χ4v) is 2.61. The molecular weight excluding hydrogens is 198 g/mol. The van der Waals surface area contributed by atoms with Crippen LogP contribution in [-0.2, 0) is 13.1 Å². The van der Waals surface area contributed by atoms with Crippen LogP contribution in [0, 0.1) is 5.41 Å². The zero-order valence-electron chi connectivity index (χ0n) is 9.88. The number of fused-ring (bicyclic) bond motifs is 1. The first-order valence-electron chi connectivity index (χ1n) is 6.21. The molecule has 0 unspecified atom stereocenters. The Labute approximate surface area is 97.0 Å². The maximum absolute atomic E-state index is 6.02. The summed E-state index contributed by atoms with van der Waals surface area (Å²) in [5.41, 5.74) is 3.20. The highest BCUT2D eigenvalue weighted by Gasteiger charge is 2.32. The van der Waals surface area contributed by atoms with Gasteiger partial charge in [-0.05, 0) is 24.5 Å². The van der Waals surface area contributed by atoms with E-state index in [0.29, 0.717) is 5.41 Å². The van der Waals surface area contributed by atoms with Crippen molar-refractivity contribution in [3.8, 4) is 5.75 Å². The van der Waals surface area contributed by atoms with Crippen molar-refractivity contribution in [3.05, 3.63) is 29.3 Å². The zero-order chi connectivity index (χ0) is 11.0. The first kappa shape index (κ1) is 10.2. The molecule has 1 heterocycles. The third-order valence-electron chi connectivity index (χ3n) is 3.98. The summed E-state index contributed by atoms with van der Waals surface area (Å²) in [7, 11) is 0. The van der Waals surface area contributed by atoms with Gasteiger partial charge in [0.1, 0.15) is 5.75 Å². The maximum Gasteiger partial charge on any atom is 0.124 e. The molecule has 1 aromatic rings. The van der Waals surface area contributed by atoms with E-state index < -0.39 is 0 Å². The van der Waals surface area contributed by atoms with Gasteiger partial charge in [0.05, 0.1) is 6.61 Å². The highest BCUT2D eigenvalue weighted by atomic mass is 16.5. The van der Waals surface area contributed by atoms with Crippen molar-refractivity contribution in [2.24, 2.45) is 5.41 Å². The number of hydrogen-bond donors (Lipinski definition) is 1. The van der Waals surface area contributed by atoms with Gasteiger partial charge >= 0.3 is 0 Å². The van der Waals surface area contributed by atoms with Crippen LogP contribution in [0.4, 0.5) is 0 Å². The lowest BCUT2D eigenvalue weighted by Crippen LogP contribution is -2.32. The van der Waals surface area contributed by atoms with E-state index in [0.717, 1.165) is 25.4 Å². The number of nitrogens with one attached hydrogen (secondary N) is 1. The molecule has 2 heteroatoms. The summed E-state index contributed by atoms with van der Waals surface area (Å²) in [5, 5.41) is 3.37. The molecule has 1 fully saturated rings. The normalized spacial score (nSPS) is 21.3.